The summed E-state index contributed by atoms with van der Waals surface area (Å²) in [5.74, 6) is 2.23. The Hall–Kier alpha value is -3.83. The molecule has 0 radical (unpaired) electrons. The fourth-order valence-electron chi connectivity index (χ4n) is 12.1. The molecule has 0 bridgehead atoms. The van der Waals surface area contributed by atoms with Crippen molar-refractivity contribution in [2.45, 2.75) is 0 Å². The smallest absolute Gasteiger partial charge is 0.162 e. The Morgan fingerprint density at radius 1 is 0.176 bits per heavy atom. The van der Waals surface area contributed by atoms with E-state index in [2.05, 4.69) is 196 Å². The summed E-state index contributed by atoms with van der Waals surface area (Å²) in [5.41, 5.74) is 41.8. The van der Waals surface area contributed by atoms with Gasteiger partial charge in [-0.25, -0.2) is 15.0 Å². The van der Waals surface area contributed by atoms with E-state index in [1.165, 1.54) is 179 Å². The molecule has 2 aromatic heterocycles. The molecule has 0 saturated carbocycles. The van der Waals surface area contributed by atoms with Crippen molar-refractivity contribution in [3.05, 3.63) is 0 Å². The van der Waals surface area contributed by atoms with E-state index in [-0.39, 0.29) is 0 Å². The van der Waals surface area contributed by atoms with Crippen LogP contribution in [0.4, 0.5) is 0 Å². The highest BCUT2D eigenvalue weighted by atomic mass is 32.1. The molecule has 0 spiro atoms. The molecular formula is C39H50B25N3S. The second kappa shape index (κ2) is 17.8. The molecule has 0 N–H and O–H groups in total. The summed E-state index contributed by atoms with van der Waals surface area (Å²) in [7, 11) is 57.4. The monoisotopic (exact) mass is 868 g/mol. The van der Waals surface area contributed by atoms with E-state index in [9.17, 15) is 0 Å². The van der Waals surface area contributed by atoms with Gasteiger partial charge in [-0.1, -0.05) is 71.0 Å². The molecule has 0 amide bonds. The SMILES string of the molecule is Bc1c(B)c(B)c(-c2nc(-c3c(B)c(B)c(B)c(B)c3B)nc(-c3c(B)c(B)c(B)c(-c4c(B)c(B)c(B)c5c4sc4c(-c6c(B)c(B)c(B)c(B)c6B)c(B)c(B)c(B)c45)c3B)n2)c(B)c1B. The Kier molecular flexibility index (Phi) is 13.2. The minimum atomic E-state index is 0.739. The van der Waals surface area contributed by atoms with Gasteiger partial charge in [0.15, 0.2) is 17.5 Å². The number of fused-ring (bicyclic) bond motifs is 3. The lowest BCUT2D eigenvalue weighted by atomic mass is 9.58. The average molecular weight is 863 g/mol. The van der Waals surface area contributed by atoms with Gasteiger partial charge in [-0.2, -0.15) is 0 Å². The number of benzene rings is 6. The number of aromatic nitrogens is 3. The van der Waals surface area contributed by atoms with Gasteiger partial charge in [-0.3, -0.25) is 0 Å². The van der Waals surface area contributed by atoms with Gasteiger partial charge in [0.25, 0.3) is 0 Å². The van der Waals surface area contributed by atoms with Crippen LogP contribution in [0.3, 0.4) is 0 Å². The summed E-state index contributed by atoms with van der Waals surface area (Å²) in [6.07, 6.45) is 0. The Morgan fingerprint density at radius 2 is 0.353 bits per heavy atom. The Labute approximate surface area is 432 Å². The van der Waals surface area contributed by atoms with Crippen molar-refractivity contribution in [2.24, 2.45) is 0 Å². The van der Waals surface area contributed by atoms with Crippen molar-refractivity contribution in [1.82, 2.24) is 15.0 Å². The molecule has 8 aromatic rings. The highest BCUT2D eigenvalue weighted by Crippen LogP contribution is 2.39. The van der Waals surface area contributed by atoms with E-state index in [4.69, 9.17) is 15.0 Å². The van der Waals surface area contributed by atoms with E-state index in [0.29, 0.717) is 0 Å². The normalized spacial score (nSPS) is 11.5. The molecule has 0 atom stereocenters. The van der Waals surface area contributed by atoms with Crippen molar-refractivity contribution >= 4 is 364 Å². The van der Waals surface area contributed by atoms with Crippen LogP contribution >= 0.6 is 11.3 Å². The molecule has 29 heteroatoms. The van der Waals surface area contributed by atoms with Crippen LogP contribution in [0, 0.1) is 0 Å². The zero-order valence-corrected chi connectivity index (χ0v) is 47.1. The zero-order valence-electron chi connectivity index (χ0n) is 46.2. The minimum absolute atomic E-state index is 0.739. The molecule has 0 aliphatic rings. The Balaban J connectivity index is 1.55. The van der Waals surface area contributed by atoms with Crippen LogP contribution in [-0.4, -0.2) is 211 Å². The van der Waals surface area contributed by atoms with Crippen LogP contribution < -0.4 is 137 Å². The molecule has 2 heterocycles. The molecule has 8 rings (SSSR count). The third kappa shape index (κ3) is 7.17. The molecule has 0 aliphatic carbocycles. The topological polar surface area (TPSA) is 38.7 Å². The van der Waals surface area contributed by atoms with Gasteiger partial charge in [-0.15, -0.1) is 76.9 Å². The maximum absolute atomic E-state index is 5.63. The second-order valence-electron chi connectivity index (χ2n) is 21.1. The third-order valence-corrected chi connectivity index (χ3v) is 19.8. The van der Waals surface area contributed by atoms with Crippen LogP contribution in [-0.2, 0) is 0 Å². The highest BCUT2D eigenvalue weighted by molar-refractivity contribution is 7.27. The van der Waals surface area contributed by atoms with Crippen molar-refractivity contribution in [3.8, 4) is 56.4 Å². The van der Waals surface area contributed by atoms with Crippen molar-refractivity contribution < 1.29 is 0 Å². The fraction of sp³-hybridized carbons (Fsp3) is 0. The summed E-state index contributed by atoms with van der Waals surface area (Å²) in [6, 6.07) is 0. The maximum atomic E-state index is 5.63. The van der Waals surface area contributed by atoms with Crippen LogP contribution in [0.5, 0.6) is 0 Å². The average Bonchev–Trinajstić information content (AvgIpc) is 3.70. The van der Waals surface area contributed by atoms with Crippen molar-refractivity contribution in [2.75, 3.05) is 0 Å². The quantitative estimate of drug-likeness (QED) is 0.162. The lowest BCUT2D eigenvalue weighted by Gasteiger charge is -2.26. The van der Waals surface area contributed by atoms with E-state index < -0.39 is 0 Å². The summed E-state index contributed by atoms with van der Waals surface area (Å²) < 4.78 is 2.77. The van der Waals surface area contributed by atoms with Gasteiger partial charge in [0.05, 0.1) is 0 Å². The molecule has 0 unspecified atom stereocenters. The zero-order chi connectivity index (χ0) is 50.3. The maximum Gasteiger partial charge on any atom is 0.162 e. The van der Waals surface area contributed by atoms with Crippen molar-refractivity contribution in [1.29, 1.82) is 0 Å². The minimum Gasteiger partial charge on any atom is -0.208 e. The number of rotatable bonds is 5. The first-order valence-electron chi connectivity index (χ1n) is 24.7. The summed E-state index contributed by atoms with van der Waals surface area (Å²) >= 11 is 2.01. The lowest BCUT2D eigenvalue weighted by Crippen LogP contribution is -2.56. The first-order chi connectivity index (χ1) is 31.7. The fourth-order valence-corrected chi connectivity index (χ4v) is 13.7. The predicted octanol–water partition coefficient (Wildman–Crippen LogP) is -33.0. The second-order valence-corrected chi connectivity index (χ2v) is 22.1. The first kappa shape index (κ1) is 50.6. The third-order valence-electron chi connectivity index (χ3n) is 18.5. The van der Waals surface area contributed by atoms with Crippen LogP contribution in [0.1, 0.15) is 0 Å². The van der Waals surface area contributed by atoms with Gasteiger partial charge >= 0.3 is 0 Å². The molecule has 3 nitrogen and oxygen atoms in total. The molecular weight excluding hydrogens is 813 g/mol. The highest BCUT2D eigenvalue weighted by Gasteiger charge is 2.29. The van der Waals surface area contributed by atoms with Crippen LogP contribution in [0.25, 0.3) is 76.6 Å². The Morgan fingerprint density at radius 3 is 0.632 bits per heavy atom. The van der Waals surface area contributed by atoms with Crippen LogP contribution in [0.15, 0.2) is 0 Å². The number of hydrogen-bond acceptors (Lipinski definition) is 4. The first-order valence-corrected chi connectivity index (χ1v) is 25.6. The molecule has 0 fully saturated rings. The standard InChI is InChI=1S/C39H50B25N3S/c40-10-1(3-14(44)24(54)16(46)5-6-17(47)25(55)15(45)4(36(6)68-35(3)5)2-12(42)26(56)32(62)27(57)13(2)43)11(41)23(53)18(48)7(10)37-65-38(8-19(49)28(58)33(63)29(59)20(8)50)67-39(66-37)9-21(51)30(60)34(64)31(61)22(9)52/h40-64H2. The van der Waals surface area contributed by atoms with E-state index in [1.807, 2.05) is 11.3 Å². The molecule has 6 aromatic carbocycles. The van der Waals surface area contributed by atoms with Gasteiger partial charge in [0, 0.05) is 26.1 Å². The summed E-state index contributed by atoms with van der Waals surface area (Å²) in [6.45, 7) is 0. The van der Waals surface area contributed by atoms with Gasteiger partial charge < -0.3 is 0 Å². The summed E-state index contributed by atoms with van der Waals surface area (Å²) in [4.78, 5) is 16.8. The number of thiophene rings is 1. The predicted molar refractivity (Wildman–Crippen MR) is 384 cm³/mol. The molecule has 0 saturated heterocycles. The lowest BCUT2D eigenvalue weighted by molar-refractivity contribution is 1.08. The Bertz CT molecular complexity index is 3470. The molecule has 68 heavy (non-hydrogen) atoms. The number of hydrogen-bond donors (Lipinski definition) is 0. The van der Waals surface area contributed by atoms with Gasteiger partial charge in [-0.05, 0) is 33.0 Å². The van der Waals surface area contributed by atoms with Gasteiger partial charge in [0.1, 0.15) is 196 Å². The molecule has 0 aliphatic heterocycles. The largest absolute Gasteiger partial charge is 0.208 e. The van der Waals surface area contributed by atoms with Gasteiger partial charge in [0.2, 0.25) is 0 Å². The van der Waals surface area contributed by atoms with Crippen LogP contribution in [0.2, 0.25) is 0 Å². The summed E-state index contributed by atoms with van der Waals surface area (Å²) in [5, 5.41) is 2.81. The van der Waals surface area contributed by atoms with E-state index in [1.54, 1.807) is 0 Å². The van der Waals surface area contributed by atoms with Crippen molar-refractivity contribution in [3.63, 3.8) is 0 Å². The van der Waals surface area contributed by atoms with E-state index in [0.717, 1.165) is 34.2 Å². The molecule has 302 valence electrons. The number of nitrogens with zero attached hydrogens (tertiary/aromatic N) is 3. The van der Waals surface area contributed by atoms with E-state index >= 15 is 0 Å².